The van der Waals surface area contributed by atoms with Crippen LogP contribution in [-0.2, 0) is 4.74 Å². The molecule has 1 saturated carbocycles. The van der Waals surface area contributed by atoms with Crippen molar-refractivity contribution >= 4 is 16.9 Å². The molecule has 0 spiro atoms. The number of nitrogens with one attached hydrogen (secondary N) is 1. The van der Waals surface area contributed by atoms with Crippen LogP contribution in [-0.4, -0.2) is 36.7 Å². The Bertz CT molecular complexity index is 215. The van der Waals surface area contributed by atoms with Crippen LogP contribution in [0.2, 0.25) is 0 Å². The van der Waals surface area contributed by atoms with Crippen molar-refractivity contribution < 1.29 is 4.74 Å². The lowest BCUT2D eigenvalue weighted by molar-refractivity contribution is 0.0319. The summed E-state index contributed by atoms with van der Waals surface area (Å²) in [5, 5.41) is 4.41. The molecule has 0 atom stereocenters. The van der Waals surface area contributed by atoms with Gasteiger partial charge in [0.05, 0.1) is 19.3 Å². The number of nitrogens with zero attached hydrogens (tertiary/aromatic N) is 1. The second-order valence-corrected chi connectivity index (χ2v) is 5.18. The summed E-state index contributed by atoms with van der Waals surface area (Å²) in [4.78, 5) is 4.33. The normalized spacial score (nSPS) is 22.8. The fraction of sp³-hybridized carbons (Fsp3) is 0.909. The molecule has 1 aliphatic carbocycles. The van der Waals surface area contributed by atoms with E-state index in [1.807, 2.05) is 11.8 Å². The van der Waals surface area contributed by atoms with Crippen molar-refractivity contribution in [2.45, 2.75) is 38.2 Å². The Balaban J connectivity index is 1.50. The van der Waals surface area contributed by atoms with Crippen LogP contribution >= 0.6 is 11.8 Å². The zero-order chi connectivity index (χ0) is 10.3. The first-order valence-corrected chi connectivity index (χ1v) is 6.96. The van der Waals surface area contributed by atoms with Gasteiger partial charge in [-0.2, -0.15) is 0 Å². The van der Waals surface area contributed by atoms with Crippen LogP contribution in [0.3, 0.4) is 0 Å². The van der Waals surface area contributed by atoms with Crippen LogP contribution in [0, 0.1) is 0 Å². The summed E-state index contributed by atoms with van der Waals surface area (Å²) < 4.78 is 5.82. The molecule has 86 valence electrons. The van der Waals surface area contributed by atoms with Gasteiger partial charge in [0.2, 0.25) is 0 Å². The summed E-state index contributed by atoms with van der Waals surface area (Å²) in [7, 11) is 0. The van der Waals surface area contributed by atoms with Crippen molar-refractivity contribution in [3.8, 4) is 0 Å². The van der Waals surface area contributed by atoms with Crippen LogP contribution in [0.1, 0.15) is 32.1 Å². The van der Waals surface area contributed by atoms with E-state index in [1.165, 1.54) is 32.1 Å². The first kappa shape index (κ1) is 11.3. The van der Waals surface area contributed by atoms with Crippen molar-refractivity contribution in [2.75, 3.05) is 25.4 Å². The fourth-order valence-electron chi connectivity index (χ4n) is 2.06. The lowest BCUT2D eigenvalue weighted by Gasteiger charge is -2.22. The second kappa shape index (κ2) is 6.38. The number of aliphatic imine (C=N–C) groups is 1. The van der Waals surface area contributed by atoms with E-state index in [2.05, 4.69) is 10.3 Å². The van der Waals surface area contributed by atoms with Crippen LogP contribution in [0.15, 0.2) is 4.99 Å². The van der Waals surface area contributed by atoms with Crippen molar-refractivity contribution in [3.63, 3.8) is 0 Å². The van der Waals surface area contributed by atoms with E-state index >= 15 is 0 Å². The predicted molar refractivity (Wildman–Crippen MR) is 65.6 cm³/mol. The highest BCUT2D eigenvalue weighted by Crippen LogP contribution is 2.19. The van der Waals surface area contributed by atoms with E-state index in [-0.39, 0.29) is 0 Å². The Morgan fingerprint density at radius 1 is 1.33 bits per heavy atom. The number of rotatable bonds is 4. The summed E-state index contributed by atoms with van der Waals surface area (Å²) >= 11 is 1.81. The Morgan fingerprint density at radius 2 is 2.20 bits per heavy atom. The predicted octanol–water partition coefficient (Wildman–Crippen LogP) is 2.03. The summed E-state index contributed by atoms with van der Waals surface area (Å²) in [6, 6.07) is 0. The van der Waals surface area contributed by atoms with Crippen LogP contribution in [0.25, 0.3) is 0 Å². The Labute approximate surface area is 96.1 Å². The smallest absolute Gasteiger partial charge is 0.156 e. The molecule has 3 nitrogen and oxygen atoms in total. The average Bonchev–Trinajstić information content (AvgIpc) is 2.79. The lowest BCUT2D eigenvalue weighted by Crippen LogP contribution is -2.27. The van der Waals surface area contributed by atoms with Gasteiger partial charge < -0.3 is 10.1 Å². The number of thioether (sulfide) groups is 1. The molecular weight excluding hydrogens is 208 g/mol. The maximum absolute atomic E-state index is 5.82. The highest BCUT2D eigenvalue weighted by molar-refractivity contribution is 8.14. The molecule has 1 N–H and O–H groups in total. The third-order valence-corrected chi connectivity index (χ3v) is 3.80. The molecule has 2 rings (SSSR count). The highest BCUT2D eigenvalue weighted by Gasteiger charge is 2.13. The van der Waals surface area contributed by atoms with Gasteiger partial charge in [-0.3, -0.25) is 4.99 Å². The third-order valence-electron chi connectivity index (χ3n) is 2.87. The number of hydrogen-bond acceptors (Lipinski definition) is 4. The van der Waals surface area contributed by atoms with E-state index in [1.54, 1.807) is 0 Å². The molecule has 0 aromatic heterocycles. The van der Waals surface area contributed by atoms with Gasteiger partial charge in [0.1, 0.15) is 0 Å². The summed E-state index contributed by atoms with van der Waals surface area (Å²) in [6.07, 6.45) is 7.14. The molecule has 0 aromatic carbocycles. The molecule has 0 bridgehead atoms. The first-order valence-electron chi connectivity index (χ1n) is 5.98. The van der Waals surface area contributed by atoms with E-state index in [9.17, 15) is 0 Å². The maximum Gasteiger partial charge on any atom is 0.156 e. The molecule has 2 aliphatic rings. The molecule has 0 radical (unpaired) electrons. The number of amidine groups is 1. The highest BCUT2D eigenvalue weighted by atomic mass is 32.2. The van der Waals surface area contributed by atoms with Gasteiger partial charge in [-0.05, 0) is 12.8 Å². The van der Waals surface area contributed by atoms with Gasteiger partial charge in [0.15, 0.2) is 5.17 Å². The minimum atomic E-state index is 0.527. The molecule has 0 amide bonds. The zero-order valence-corrected chi connectivity index (χ0v) is 10.0. The van der Waals surface area contributed by atoms with Crippen molar-refractivity contribution in [3.05, 3.63) is 0 Å². The maximum atomic E-state index is 5.82. The summed E-state index contributed by atoms with van der Waals surface area (Å²) in [6.45, 7) is 2.70. The Morgan fingerprint density at radius 3 is 2.93 bits per heavy atom. The molecule has 0 saturated heterocycles. The third kappa shape index (κ3) is 4.03. The molecule has 4 heteroatoms. The van der Waals surface area contributed by atoms with Crippen LogP contribution in [0.4, 0.5) is 0 Å². The van der Waals surface area contributed by atoms with E-state index < -0.39 is 0 Å². The lowest BCUT2D eigenvalue weighted by atomic mass is 9.98. The summed E-state index contributed by atoms with van der Waals surface area (Å²) in [5.41, 5.74) is 0. The van der Waals surface area contributed by atoms with E-state index in [4.69, 9.17) is 4.74 Å². The van der Waals surface area contributed by atoms with Crippen LogP contribution in [0.5, 0.6) is 0 Å². The van der Waals surface area contributed by atoms with Gasteiger partial charge in [0.25, 0.3) is 0 Å². The number of hydrogen-bond donors (Lipinski definition) is 1. The van der Waals surface area contributed by atoms with Crippen molar-refractivity contribution in [1.29, 1.82) is 0 Å². The average molecular weight is 228 g/mol. The first-order chi connectivity index (χ1) is 7.45. The molecule has 1 fully saturated rings. The van der Waals surface area contributed by atoms with Gasteiger partial charge >= 0.3 is 0 Å². The van der Waals surface area contributed by atoms with Gasteiger partial charge in [-0.1, -0.05) is 31.0 Å². The van der Waals surface area contributed by atoms with Gasteiger partial charge in [-0.25, -0.2) is 0 Å². The van der Waals surface area contributed by atoms with E-state index in [0.717, 1.165) is 30.6 Å². The van der Waals surface area contributed by atoms with Crippen molar-refractivity contribution in [2.24, 2.45) is 4.99 Å². The minimum absolute atomic E-state index is 0.527. The monoisotopic (exact) mass is 228 g/mol. The summed E-state index contributed by atoms with van der Waals surface area (Å²) in [5.74, 6) is 1.13. The molecule has 1 aliphatic heterocycles. The van der Waals surface area contributed by atoms with Crippen LogP contribution < -0.4 is 5.32 Å². The SMILES string of the molecule is C1CCC(OCCNC2=NCCS2)CC1. The molecule has 0 unspecified atom stereocenters. The van der Waals surface area contributed by atoms with Gasteiger partial charge in [0, 0.05) is 12.3 Å². The van der Waals surface area contributed by atoms with Gasteiger partial charge in [-0.15, -0.1) is 0 Å². The minimum Gasteiger partial charge on any atom is -0.376 e. The fourth-order valence-corrected chi connectivity index (χ4v) is 2.82. The quantitative estimate of drug-likeness (QED) is 0.748. The molecule has 0 aromatic rings. The zero-order valence-electron chi connectivity index (χ0n) is 9.21. The number of ether oxygens (including phenoxy) is 1. The largest absolute Gasteiger partial charge is 0.376 e. The Hall–Kier alpha value is -0.220. The molecular formula is C11H20N2OS. The van der Waals surface area contributed by atoms with Crippen molar-refractivity contribution in [1.82, 2.24) is 5.32 Å². The second-order valence-electron chi connectivity index (χ2n) is 4.09. The topological polar surface area (TPSA) is 33.6 Å². The van der Waals surface area contributed by atoms with E-state index in [0.29, 0.717) is 6.10 Å². The molecule has 1 heterocycles. The molecule has 15 heavy (non-hydrogen) atoms. The Kier molecular flexibility index (Phi) is 4.79. The standard InChI is InChI=1S/C11H20N2OS/c1-2-4-10(5-3-1)14-8-6-12-11-13-7-9-15-11/h10H,1-9H2,(H,12,13).